The molecule has 0 fully saturated rings. The van der Waals surface area contributed by atoms with Gasteiger partial charge in [0.05, 0.1) is 7.11 Å². The first-order valence-corrected chi connectivity index (χ1v) is 7.24. The Morgan fingerprint density at radius 1 is 1.22 bits per heavy atom. The fraction of sp³-hybridized carbons (Fsp3) is 0.235. The van der Waals surface area contributed by atoms with Crippen molar-refractivity contribution >= 4 is 17.6 Å². The molecule has 0 aliphatic heterocycles. The number of hydrogen-bond donors (Lipinski definition) is 0. The zero-order valence-corrected chi connectivity index (χ0v) is 13.5. The van der Waals surface area contributed by atoms with Gasteiger partial charge in [-0.1, -0.05) is 17.7 Å². The number of esters is 1. The molecule has 0 N–H and O–H groups in total. The number of halogens is 2. The van der Waals surface area contributed by atoms with E-state index in [0.29, 0.717) is 16.3 Å². The molecule has 0 amide bonds. The topological polar surface area (TPSA) is 44.8 Å². The molecule has 2 aromatic carbocycles. The van der Waals surface area contributed by atoms with Crippen LogP contribution < -0.4 is 9.47 Å². The van der Waals surface area contributed by atoms with Crippen molar-refractivity contribution in [3.63, 3.8) is 0 Å². The molecule has 2 rings (SSSR count). The molecule has 0 heterocycles. The van der Waals surface area contributed by atoms with Gasteiger partial charge in [-0.3, -0.25) is 0 Å². The Morgan fingerprint density at radius 3 is 2.65 bits per heavy atom. The molecule has 0 aliphatic carbocycles. The van der Waals surface area contributed by atoms with Crippen molar-refractivity contribution in [2.24, 2.45) is 0 Å². The molecule has 122 valence electrons. The summed E-state index contributed by atoms with van der Waals surface area (Å²) in [7, 11) is 1.38. The van der Waals surface area contributed by atoms with E-state index in [9.17, 15) is 9.18 Å². The first-order chi connectivity index (χ1) is 11.0. The van der Waals surface area contributed by atoms with Gasteiger partial charge in [-0.25, -0.2) is 9.18 Å². The zero-order chi connectivity index (χ0) is 16.8. The highest BCUT2D eigenvalue weighted by Gasteiger charge is 2.08. The molecule has 0 atom stereocenters. The lowest BCUT2D eigenvalue weighted by Gasteiger charge is -2.09. The Morgan fingerprint density at radius 2 is 2.00 bits per heavy atom. The van der Waals surface area contributed by atoms with Gasteiger partial charge in [0.1, 0.15) is 12.4 Å². The minimum absolute atomic E-state index is 0.0389. The second-order valence-corrected chi connectivity index (χ2v) is 5.24. The summed E-state index contributed by atoms with van der Waals surface area (Å²) in [4.78, 5) is 11.7. The van der Waals surface area contributed by atoms with E-state index in [4.69, 9.17) is 25.8 Å². The highest BCUT2D eigenvalue weighted by Crippen LogP contribution is 2.21. The Labute approximate surface area is 138 Å². The molecule has 0 spiro atoms. The maximum Gasteiger partial charge on any atom is 0.344 e. The number of benzene rings is 2. The van der Waals surface area contributed by atoms with Gasteiger partial charge in [0.15, 0.2) is 18.2 Å². The summed E-state index contributed by atoms with van der Waals surface area (Å²) in [6.07, 6.45) is 0. The van der Waals surface area contributed by atoms with Crippen molar-refractivity contribution in [2.75, 3.05) is 13.7 Å². The zero-order valence-electron chi connectivity index (χ0n) is 12.8. The average molecular weight is 339 g/mol. The molecule has 0 saturated heterocycles. The van der Waals surface area contributed by atoms with Crippen LogP contribution in [-0.2, 0) is 16.1 Å². The van der Waals surface area contributed by atoms with Gasteiger partial charge in [0, 0.05) is 5.02 Å². The van der Waals surface area contributed by atoms with Crippen LogP contribution in [0.3, 0.4) is 0 Å². The van der Waals surface area contributed by atoms with Crippen LogP contribution in [0.15, 0.2) is 36.4 Å². The fourth-order valence-corrected chi connectivity index (χ4v) is 1.97. The van der Waals surface area contributed by atoms with Crippen LogP contribution in [0.5, 0.6) is 11.5 Å². The van der Waals surface area contributed by atoms with Gasteiger partial charge in [0.2, 0.25) is 0 Å². The summed E-state index contributed by atoms with van der Waals surface area (Å²) < 4.78 is 28.7. The number of ether oxygens (including phenoxy) is 3. The van der Waals surface area contributed by atoms with Crippen LogP contribution in [0.2, 0.25) is 5.02 Å². The number of rotatable bonds is 6. The van der Waals surface area contributed by atoms with E-state index < -0.39 is 11.8 Å². The largest absolute Gasteiger partial charge is 0.494 e. The van der Waals surface area contributed by atoms with Crippen molar-refractivity contribution in [3.8, 4) is 11.5 Å². The summed E-state index contributed by atoms with van der Waals surface area (Å²) in [5, 5.41) is 0.626. The third-order valence-corrected chi connectivity index (χ3v) is 3.53. The van der Waals surface area contributed by atoms with Crippen molar-refractivity contribution in [2.45, 2.75) is 13.5 Å². The van der Waals surface area contributed by atoms with Crippen molar-refractivity contribution in [1.82, 2.24) is 0 Å². The van der Waals surface area contributed by atoms with E-state index >= 15 is 0 Å². The van der Waals surface area contributed by atoms with E-state index in [0.717, 1.165) is 5.56 Å². The number of carbonyl (C=O) groups excluding carboxylic acids is 1. The molecule has 2 aromatic rings. The highest BCUT2D eigenvalue weighted by molar-refractivity contribution is 6.31. The molecule has 4 nitrogen and oxygen atoms in total. The lowest BCUT2D eigenvalue weighted by molar-refractivity contribution is -0.147. The van der Waals surface area contributed by atoms with Crippen molar-refractivity contribution in [3.05, 3.63) is 58.4 Å². The normalized spacial score (nSPS) is 10.3. The SMILES string of the molecule is COc1ccc(COC(=O)COc2ccc(Cl)c(C)c2)cc1F. The number of hydrogen-bond acceptors (Lipinski definition) is 4. The lowest BCUT2D eigenvalue weighted by Crippen LogP contribution is -2.14. The second-order valence-electron chi connectivity index (χ2n) is 4.83. The Balaban J connectivity index is 1.83. The maximum absolute atomic E-state index is 13.5. The van der Waals surface area contributed by atoms with Crippen LogP contribution in [-0.4, -0.2) is 19.7 Å². The summed E-state index contributed by atoms with van der Waals surface area (Å²) >= 11 is 5.91. The van der Waals surface area contributed by atoms with Crippen LogP contribution in [0.25, 0.3) is 0 Å². The van der Waals surface area contributed by atoms with Gasteiger partial charge in [0.25, 0.3) is 0 Å². The van der Waals surface area contributed by atoms with E-state index in [1.165, 1.54) is 19.2 Å². The average Bonchev–Trinajstić information content (AvgIpc) is 2.54. The van der Waals surface area contributed by atoms with E-state index in [1.807, 2.05) is 6.92 Å². The van der Waals surface area contributed by atoms with Crippen LogP contribution in [0, 0.1) is 12.7 Å². The summed E-state index contributed by atoms with van der Waals surface area (Å²) in [6.45, 7) is 1.56. The minimum Gasteiger partial charge on any atom is -0.494 e. The smallest absolute Gasteiger partial charge is 0.344 e. The third kappa shape index (κ3) is 4.86. The fourth-order valence-electron chi connectivity index (χ4n) is 1.85. The second kappa shape index (κ2) is 7.83. The molecular weight excluding hydrogens is 323 g/mol. The van der Waals surface area contributed by atoms with Gasteiger partial charge >= 0.3 is 5.97 Å². The molecule has 0 aromatic heterocycles. The van der Waals surface area contributed by atoms with E-state index in [1.54, 1.807) is 24.3 Å². The van der Waals surface area contributed by atoms with Crippen LogP contribution in [0.4, 0.5) is 4.39 Å². The molecule has 0 radical (unpaired) electrons. The molecule has 0 bridgehead atoms. The molecule has 0 saturated carbocycles. The van der Waals surface area contributed by atoms with Crippen molar-refractivity contribution in [1.29, 1.82) is 0 Å². The summed E-state index contributed by atoms with van der Waals surface area (Å²) in [5.41, 5.74) is 1.38. The first-order valence-electron chi connectivity index (χ1n) is 6.86. The van der Waals surface area contributed by atoms with E-state index in [2.05, 4.69) is 0 Å². The predicted molar refractivity (Wildman–Crippen MR) is 84.4 cm³/mol. The minimum atomic E-state index is -0.547. The predicted octanol–water partition coefficient (Wildman–Crippen LogP) is 3.92. The van der Waals surface area contributed by atoms with Gasteiger partial charge in [-0.2, -0.15) is 0 Å². The molecule has 23 heavy (non-hydrogen) atoms. The van der Waals surface area contributed by atoms with Crippen LogP contribution >= 0.6 is 11.6 Å². The number of carbonyl (C=O) groups is 1. The standard InChI is InChI=1S/C17H16ClFO4/c1-11-7-13(4-5-14(11)18)22-10-17(20)23-9-12-3-6-16(21-2)15(19)8-12/h3-8H,9-10H2,1-2H3. The quantitative estimate of drug-likeness (QED) is 0.749. The number of methoxy groups -OCH3 is 1. The molecule has 6 heteroatoms. The summed E-state index contributed by atoms with van der Waals surface area (Å²) in [5.74, 6) is -0.386. The van der Waals surface area contributed by atoms with Gasteiger partial charge in [-0.05, 0) is 48.4 Å². The summed E-state index contributed by atoms with van der Waals surface area (Å²) in [6, 6.07) is 9.45. The Kier molecular flexibility index (Phi) is 5.82. The molecule has 0 aliphatic rings. The van der Waals surface area contributed by atoms with Crippen LogP contribution in [0.1, 0.15) is 11.1 Å². The Bertz CT molecular complexity index is 703. The monoisotopic (exact) mass is 338 g/mol. The number of aryl methyl sites for hydroxylation is 1. The van der Waals surface area contributed by atoms with Gasteiger partial charge < -0.3 is 14.2 Å². The molecule has 0 unspecified atom stereocenters. The Hall–Kier alpha value is -2.27. The van der Waals surface area contributed by atoms with Gasteiger partial charge in [-0.15, -0.1) is 0 Å². The highest BCUT2D eigenvalue weighted by atomic mass is 35.5. The maximum atomic E-state index is 13.5. The molecular formula is C17H16ClFO4. The van der Waals surface area contributed by atoms with E-state index in [-0.39, 0.29) is 19.0 Å². The lowest BCUT2D eigenvalue weighted by atomic mass is 10.2. The first kappa shape index (κ1) is 17.1. The van der Waals surface area contributed by atoms with Crippen molar-refractivity contribution < 1.29 is 23.4 Å². The third-order valence-electron chi connectivity index (χ3n) is 3.10.